The molecule has 8 nitrogen and oxygen atoms in total. The quantitative estimate of drug-likeness (QED) is 0.341. The van der Waals surface area contributed by atoms with Gasteiger partial charge in [0.25, 0.3) is 0 Å². The fourth-order valence-electron chi connectivity index (χ4n) is 3.59. The van der Waals surface area contributed by atoms with E-state index < -0.39 is 40.7 Å². The number of nitrogens with zero attached hydrogens (tertiary/aromatic N) is 1. The van der Waals surface area contributed by atoms with E-state index in [1.807, 2.05) is 0 Å². The third kappa shape index (κ3) is 3.49. The minimum Gasteiger partial charge on any atom is -0.504 e. The predicted molar refractivity (Wildman–Crippen MR) is 91.8 cm³/mol. The van der Waals surface area contributed by atoms with Crippen molar-refractivity contribution in [3.63, 3.8) is 0 Å². The summed E-state index contributed by atoms with van der Waals surface area (Å²) in [6.07, 6.45) is 0.256. The number of nitro groups is 1. The molecule has 26 heavy (non-hydrogen) atoms. The molecule has 0 saturated heterocycles. The summed E-state index contributed by atoms with van der Waals surface area (Å²) in [4.78, 5) is 36.4. The molecule has 1 aromatic rings. The monoisotopic (exact) mass is 365 g/mol. The van der Waals surface area contributed by atoms with Crippen LogP contribution >= 0.6 is 0 Å². The lowest BCUT2D eigenvalue weighted by molar-refractivity contribution is -0.485. The van der Waals surface area contributed by atoms with Crippen LogP contribution in [0.4, 0.5) is 0 Å². The number of methoxy groups -OCH3 is 1. The highest BCUT2D eigenvalue weighted by Gasteiger charge is 2.58. The van der Waals surface area contributed by atoms with E-state index in [4.69, 9.17) is 9.47 Å². The number of carbonyl (C=O) groups excluding carboxylic acids is 2. The Labute approximate surface area is 151 Å². The van der Waals surface area contributed by atoms with Crippen LogP contribution in [0, 0.1) is 15.5 Å². The number of ketones is 1. The third-order valence-electron chi connectivity index (χ3n) is 4.73. The Hall–Kier alpha value is -2.64. The van der Waals surface area contributed by atoms with Gasteiger partial charge in [0.1, 0.15) is 5.41 Å². The molecule has 2 rings (SSSR count). The van der Waals surface area contributed by atoms with Gasteiger partial charge in [-0.1, -0.05) is 12.1 Å². The number of esters is 1. The summed E-state index contributed by atoms with van der Waals surface area (Å²) >= 11 is 0. The van der Waals surface area contributed by atoms with Crippen molar-refractivity contribution in [2.24, 2.45) is 5.41 Å². The smallest absolute Gasteiger partial charge is 0.320 e. The van der Waals surface area contributed by atoms with Gasteiger partial charge in [0.05, 0.1) is 19.1 Å². The summed E-state index contributed by atoms with van der Waals surface area (Å²) in [5.74, 6) is -2.50. The van der Waals surface area contributed by atoms with Gasteiger partial charge in [-0.25, -0.2) is 0 Å². The summed E-state index contributed by atoms with van der Waals surface area (Å²) in [6.45, 7) is 2.62. The highest BCUT2D eigenvalue weighted by Crippen LogP contribution is 2.51. The molecule has 1 aliphatic carbocycles. The Morgan fingerprint density at radius 3 is 2.62 bits per heavy atom. The van der Waals surface area contributed by atoms with Crippen molar-refractivity contribution < 1.29 is 29.1 Å². The van der Waals surface area contributed by atoms with Gasteiger partial charge in [-0.05, 0) is 32.8 Å². The molecule has 0 unspecified atom stereocenters. The second kappa shape index (κ2) is 7.72. The molecule has 1 fully saturated rings. The van der Waals surface area contributed by atoms with Crippen molar-refractivity contribution in [3.8, 4) is 11.5 Å². The zero-order valence-electron chi connectivity index (χ0n) is 15.1. The number of para-hydroxylation sites is 1. The lowest BCUT2D eigenvalue weighted by Gasteiger charge is -2.33. The van der Waals surface area contributed by atoms with Crippen molar-refractivity contribution in [3.05, 3.63) is 33.9 Å². The van der Waals surface area contributed by atoms with Crippen LogP contribution in [0.5, 0.6) is 11.5 Å². The normalized spacial score (nSPS) is 20.8. The highest BCUT2D eigenvalue weighted by atomic mass is 16.6. The van der Waals surface area contributed by atoms with Crippen LogP contribution in [0.1, 0.15) is 44.6 Å². The third-order valence-corrected chi connectivity index (χ3v) is 4.73. The standard InChI is InChI=1S/C18H23NO7/c1-11(2)26-17(22)18(9-5-8-15(18)20)13(10-19(23)24)12-6-4-7-14(25-3)16(12)21/h4,6-7,11,13,21H,5,8-10H2,1-3H3/t13-,18+/m1/s1. The lowest BCUT2D eigenvalue weighted by Crippen LogP contribution is -2.45. The van der Waals surface area contributed by atoms with Crippen LogP contribution in [0.15, 0.2) is 18.2 Å². The van der Waals surface area contributed by atoms with Crippen LogP contribution in [0.3, 0.4) is 0 Å². The summed E-state index contributed by atoms with van der Waals surface area (Å²) in [5.41, 5.74) is -1.54. The molecule has 0 aromatic heterocycles. The number of hydrogen-bond donors (Lipinski definition) is 1. The van der Waals surface area contributed by atoms with E-state index in [0.29, 0.717) is 6.42 Å². The van der Waals surface area contributed by atoms with Crippen molar-refractivity contribution in [2.45, 2.75) is 45.1 Å². The van der Waals surface area contributed by atoms with E-state index >= 15 is 0 Å². The molecule has 1 aliphatic rings. The molecule has 1 N–H and O–H groups in total. The first-order chi connectivity index (χ1) is 12.2. The van der Waals surface area contributed by atoms with Gasteiger partial charge in [0.2, 0.25) is 6.54 Å². The Kier molecular flexibility index (Phi) is 5.84. The number of rotatable bonds is 7. The summed E-state index contributed by atoms with van der Waals surface area (Å²) in [7, 11) is 1.35. The van der Waals surface area contributed by atoms with Crippen LogP contribution in [-0.2, 0) is 14.3 Å². The molecule has 2 atom stereocenters. The van der Waals surface area contributed by atoms with Crippen LogP contribution < -0.4 is 4.74 Å². The van der Waals surface area contributed by atoms with Crippen LogP contribution in [0.2, 0.25) is 0 Å². The van der Waals surface area contributed by atoms with Gasteiger partial charge in [-0.3, -0.25) is 19.7 Å². The minimum atomic E-state index is -1.68. The Bertz CT molecular complexity index is 715. The van der Waals surface area contributed by atoms with E-state index in [-0.39, 0.29) is 29.9 Å². The largest absolute Gasteiger partial charge is 0.504 e. The number of carbonyl (C=O) groups is 2. The molecule has 0 heterocycles. The zero-order valence-corrected chi connectivity index (χ0v) is 15.1. The van der Waals surface area contributed by atoms with Crippen LogP contribution in [-0.4, -0.2) is 41.5 Å². The molecule has 0 bridgehead atoms. The number of benzene rings is 1. The molecule has 0 aliphatic heterocycles. The van der Waals surface area contributed by atoms with Gasteiger partial charge in [-0.2, -0.15) is 0 Å². The second-order valence-corrected chi connectivity index (χ2v) is 6.67. The molecular formula is C18H23NO7. The number of aromatic hydroxyl groups is 1. The van der Waals surface area contributed by atoms with E-state index in [0.717, 1.165) is 0 Å². The van der Waals surface area contributed by atoms with Gasteiger partial charge >= 0.3 is 5.97 Å². The molecule has 0 spiro atoms. The van der Waals surface area contributed by atoms with Crippen molar-refractivity contribution in [1.29, 1.82) is 0 Å². The highest BCUT2D eigenvalue weighted by molar-refractivity contribution is 6.06. The Morgan fingerprint density at radius 2 is 2.12 bits per heavy atom. The topological polar surface area (TPSA) is 116 Å². The first-order valence-electron chi connectivity index (χ1n) is 8.46. The zero-order chi connectivity index (χ0) is 19.5. The summed E-state index contributed by atoms with van der Waals surface area (Å²) in [5, 5.41) is 21.8. The maximum Gasteiger partial charge on any atom is 0.320 e. The molecule has 142 valence electrons. The molecular weight excluding hydrogens is 342 g/mol. The number of phenolic OH excluding ortho intramolecular Hbond substituents is 1. The van der Waals surface area contributed by atoms with Gasteiger partial charge < -0.3 is 14.6 Å². The van der Waals surface area contributed by atoms with Crippen molar-refractivity contribution in [2.75, 3.05) is 13.7 Å². The summed E-state index contributed by atoms with van der Waals surface area (Å²) in [6, 6.07) is 4.53. The van der Waals surface area contributed by atoms with Crippen LogP contribution in [0.25, 0.3) is 0 Å². The predicted octanol–water partition coefficient (Wildman–Crippen LogP) is 2.45. The van der Waals surface area contributed by atoms with E-state index in [9.17, 15) is 24.8 Å². The molecule has 1 saturated carbocycles. The number of ether oxygens (including phenoxy) is 2. The fourth-order valence-corrected chi connectivity index (χ4v) is 3.59. The minimum absolute atomic E-state index is 0.119. The average Bonchev–Trinajstić information content (AvgIpc) is 2.95. The molecule has 0 radical (unpaired) electrons. The number of hydrogen-bond acceptors (Lipinski definition) is 7. The first-order valence-corrected chi connectivity index (χ1v) is 8.46. The number of Topliss-reactive ketones (excluding diaryl/α,β-unsaturated/α-hetero) is 1. The Balaban J connectivity index is 2.64. The first kappa shape index (κ1) is 19.7. The maximum absolute atomic E-state index is 12.9. The van der Waals surface area contributed by atoms with E-state index in [2.05, 4.69) is 0 Å². The van der Waals surface area contributed by atoms with E-state index in [1.54, 1.807) is 19.9 Å². The van der Waals surface area contributed by atoms with Gasteiger partial charge in [0, 0.05) is 16.9 Å². The van der Waals surface area contributed by atoms with Crippen molar-refractivity contribution >= 4 is 11.8 Å². The maximum atomic E-state index is 12.9. The summed E-state index contributed by atoms with van der Waals surface area (Å²) < 4.78 is 10.4. The molecule has 8 heteroatoms. The lowest BCUT2D eigenvalue weighted by atomic mass is 9.69. The molecule has 0 amide bonds. The van der Waals surface area contributed by atoms with Crippen molar-refractivity contribution in [1.82, 2.24) is 0 Å². The fraction of sp³-hybridized carbons (Fsp3) is 0.556. The number of phenols is 1. The molecule has 1 aromatic carbocycles. The van der Waals surface area contributed by atoms with E-state index in [1.165, 1.54) is 19.2 Å². The SMILES string of the molecule is COc1cccc([C@@H](C[N+](=O)[O-])[C@@]2(C(=O)OC(C)C)CCCC2=O)c1O. The Morgan fingerprint density at radius 1 is 1.42 bits per heavy atom. The second-order valence-electron chi connectivity index (χ2n) is 6.67. The van der Waals surface area contributed by atoms with Gasteiger partial charge in [0.15, 0.2) is 17.3 Å². The average molecular weight is 365 g/mol. The van der Waals surface area contributed by atoms with Gasteiger partial charge in [-0.15, -0.1) is 0 Å².